The van der Waals surface area contributed by atoms with Gasteiger partial charge in [0.15, 0.2) is 0 Å². The van der Waals surface area contributed by atoms with Gasteiger partial charge in [-0.2, -0.15) is 0 Å². The molecule has 2 amide bonds. The van der Waals surface area contributed by atoms with Gasteiger partial charge in [0.05, 0.1) is 24.9 Å². The molecule has 116 valence electrons. The number of hydrogen-bond donors (Lipinski definition) is 2. The summed E-state index contributed by atoms with van der Waals surface area (Å²) < 4.78 is 10.2. The number of rotatable bonds is 3. The molecule has 0 heterocycles. The summed E-state index contributed by atoms with van der Waals surface area (Å²) in [5, 5.41) is 5.38. The van der Waals surface area contributed by atoms with Crippen LogP contribution in [-0.2, 0) is 9.59 Å². The van der Waals surface area contributed by atoms with E-state index in [1.807, 2.05) is 0 Å². The van der Waals surface area contributed by atoms with Crippen molar-refractivity contribution in [3.05, 3.63) is 17.2 Å². The second-order valence-corrected chi connectivity index (χ2v) is 5.75. The Labute approximate surface area is 128 Å². The second-order valence-electron chi connectivity index (χ2n) is 5.35. The Morgan fingerprint density at radius 3 is 2.10 bits per heavy atom. The zero-order valence-electron chi connectivity index (χ0n) is 12.7. The van der Waals surface area contributed by atoms with Crippen LogP contribution in [0.5, 0.6) is 11.5 Å². The lowest BCUT2D eigenvalue weighted by atomic mass is 10.1. The van der Waals surface area contributed by atoms with Crippen LogP contribution >= 0.6 is 11.6 Å². The first kappa shape index (κ1) is 17.1. The van der Waals surface area contributed by atoms with Crippen molar-refractivity contribution in [3.8, 4) is 11.5 Å². The highest BCUT2D eigenvalue weighted by molar-refractivity contribution is 6.40. The number of methoxy groups -OCH3 is 2. The van der Waals surface area contributed by atoms with Crippen LogP contribution in [0.3, 0.4) is 0 Å². The van der Waals surface area contributed by atoms with E-state index in [2.05, 4.69) is 10.6 Å². The van der Waals surface area contributed by atoms with Crippen LogP contribution in [0.2, 0.25) is 5.02 Å². The van der Waals surface area contributed by atoms with E-state index < -0.39 is 17.4 Å². The van der Waals surface area contributed by atoms with E-state index in [9.17, 15) is 9.59 Å². The highest BCUT2D eigenvalue weighted by atomic mass is 35.5. The molecule has 0 fully saturated rings. The number of carbonyl (C=O) groups is 2. The molecule has 0 aliphatic heterocycles. The van der Waals surface area contributed by atoms with Crippen molar-refractivity contribution in [2.24, 2.45) is 0 Å². The smallest absolute Gasteiger partial charge is 0.313 e. The summed E-state index contributed by atoms with van der Waals surface area (Å²) in [6.07, 6.45) is 0. The van der Waals surface area contributed by atoms with Gasteiger partial charge in [0.1, 0.15) is 11.5 Å². The summed E-state index contributed by atoms with van der Waals surface area (Å²) >= 11 is 5.97. The van der Waals surface area contributed by atoms with Crippen molar-refractivity contribution in [1.82, 2.24) is 5.32 Å². The average molecular weight is 315 g/mol. The molecule has 7 heteroatoms. The van der Waals surface area contributed by atoms with Crippen LogP contribution in [0.4, 0.5) is 5.69 Å². The molecule has 1 rings (SSSR count). The van der Waals surface area contributed by atoms with Gasteiger partial charge in [0.2, 0.25) is 0 Å². The third-order valence-corrected chi connectivity index (χ3v) is 2.71. The van der Waals surface area contributed by atoms with Crippen molar-refractivity contribution in [2.45, 2.75) is 26.3 Å². The van der Waals surface area contributed by atoms with Crippen LogP contribution in [0.1, 0.15) is 20.8 Å². The number of nitrogens with one attached hydrogen (secondary N) is 2. The number of carbonyl (C=O) groups excluding carboxylic acids is 2. The maximum Gasteiger partial charge on any atom is 0.313 e. The Bertz CT molecular complexity index is 553. The Hall–Kier alpha value is -1.95. The first-order valence-electron chi connectivity index (χ1n) is 6.23. The molecule has 0 aliphatic carbocycles. The van der Waals surface area contributed by atoms with E-state index in [0.717, 1.165) is 0 Å². The van der Waals surface area contributed by atoms with Crippen LogP contribution in [0.25, 0.3) is 0 Å². The molecule has 0 aromatic heterocycles. The van der Waals surface area contributed by atoms with Gasteiger partial charge in [-0.1, -0.05) is 11.6 Å². The lowest BCUT2D eigenvalue weighted by molar-refractivity contribution is -0.137. The number of halogens is 1. The maximum absolute atomic E-state index is 11.9. The monoisotopic (exact) mass is 314 g/mol. The van der Waals surface area contributed by atoms with Gasteiger partial charge in [-0.3, -0.25) is 9.59 Å². The molecule has 0 saturated carbocycles. The molecule has 0 radical (unpaired) electrons. The standard InChI is InChI=1S/C14H19ClN2O4/c1-14(2,3)17-13(19)12(18)16-9-7-10(20-4)8(15)6-11(9)21-5/h6-7H,1-5H3,(H,16,18)(H,17,19). The van der Waals surface area contributed by atoms with Crippen LogP contribution in [-0.4, -0.2) is 31.6 Å². The number of ether oxygens (including phenoxy) is 2. The average Bonchev–Trinajstić information content (AvgIpc) is 2.38. The van der Waals surface area contributed by atoms with Gasteiger partial charge in [-0.05, 0) is 20.8 Å². The molecule has 0 aliphatic rings. The summed E-state index contributed by atoms with van der Waals surface area (Å²) in [4.78, 5) is 23.7. The van der Waals surface area contributed by atoms with Crippen molar-refractivity contribution in [2.75, 3.05) is 19.5 Å². The van der Waals surface area contributed by atoms with Gasteiger partial charge >= 0.3 is 11.8 Å². The van der Waals surface area contributed by atoms with Gasteiger partial charge in [-0.25, -0.2) is 0 Å². The van der Waals surface area contributed by atoms with Gasteiger partial charge in [0, 0.05) is 17.7 Å². The van der Waals surface area contributed by atoms with Crippen LogP contribution in [0.15, 0.2) is 12.1 Å². The summed E-state index contributed by atoms with van der Waals surface area (Å²) in [5.41, 5.74) is -0.205. The van der Waals surface area contributed by atoms with E-state index in [0.29, 0.717) is 22.2 Å². The highest BCUT2D eigenvalue weighted by Gasteiger charge is 2.22. The van der Waals surface area contributed by atoms with E-state index in [4.69, 9.17) is 21.1 Å². The molecule has 1 aromatic rings. The van der Waals surface area contributed by atoms with Crippen molar-refractivity contribution < 1.29 is 19.1 Å². The molecule has 1 aromatic carbocycles. The molecular weight excluding hydrogens is 296 g/mol. The molecule has 0 unspecified atom stereocenters. The maximum atomic E-state index is 11.9. The predicted octanol–water partition coefficient (Wildman–Crippen LogP) is 2.21. The lowest BCUT2D eigenvalue weighted by Crippen LogP contribution is -2.46. The number of benzene rings is 1. The minimum Gasteiger partial charge on any atom is -0.495 e. The highest BCUT2D eigenvalue weighted by Crippen LogP contribution is 2.35. The molecule has 0 bridgehead atoms. The summed E-state index contributed by atoms with van der Waals surface area (Å²) in [7, 11) is 2.88. The van der Waals surface area contributed by atoms with Gasteiger partial charge in [0.25, 0.3) is 0 Å². The summed E-state index contributed by atoms with van der Waals surface area (Å²) in [6.45, 7) is 5.35. The quantitative estimate of drug-likeness (QED) is 0.839. The van der Waals surface area contributed by atoms with E-state index >= 15 is 0 Å². The number of hydrogen-bond acceptors (Lipinski definition) is 4. The van der Waals surface area contributed by atoms with Crippen LogP contribution < -0.4 is 20.1 Å². The lowest BCUT2D eigenvalue weighted by Gasteiger charge is -2.20. The SMILES string of the molecule is COc1cc(NC(=O)C(=O)NC(C)(C)C)c(OC)cc1Cl. The first-order chi connectivity index (χ1) is 9.67. The Morgan fingerprint density at radius 2 is 1.62 bits per heavy atom. The summed E-state index contributed by atoms with van der Waals surface area (Å²) in [5.74, 6) is -0.840. The molecule has 0 saturated heterocycles. The van der Waals surface area contributed by atoms with E-state index in [-0.39, 0.29) is 0 Å². The first-order valence-corrected chi connectivity index (χ1v) is 6.60. The fraction of sp³-hybridized carbons (Fsp3) is 0.429. The van der Waals surface area contributed by atoms with Gasteiger partial charge in [-0.15, -0.1) is 0 Å². The van der Waals surface area contributed by atoms with Gasteiger partial charge < -0.3 is 20.1 Å². The molecule has 21 heavy (non-hydrogen) atoms. The Kier molecular flexibility index (Phi) is 5.43. The zero-order chi connectivity index (χ0) is 16.2. The third-order valence-electron chi connectivity index (χ3n) is 2.42. The minimum absolute atomic E-state index is 0.299. The van der Waals surface area contributed by atoms with Crippen molar-refractivity contribution >= 4 is 29.1 Å². The minimum atomic E-state index is -0.799. The number of amides is 2. The van der Waals surface area contributed by atoms with Crippen molar-refractivity contribution in [3.63, 3.8) is 0 Å². The summed E-state index contributed by atoms with van der Waals surface area (Å²) in [6, 6.07) is 2.99. The fourth-order valence-electron chi connectivity index (χ4n) is 1.53. The van der Waals surface area contributed by atoms with E-state index in [1.165, 1.54) is 26.4 Å². The number of anilines is 1. The topological polar surface area (TPSA) is 76.7 Å². The molecular formula is C14H19ClN2O4. The third kappa shape index (κ3) is 4.82. The van der Waals surface area contributed by atoms with Crippen molar-refractivity contribution in [1.29, 1.82) is 0 Å². The Morgan fingerprint density at radius 1 is 1.05 bits per heavy atom. The molecule has 0 atom stereocenters. The molecule has 2 N–H and O–H groups in total. The largest absolute Gasteiger partial charge is 0.495 e. The zero-order valence-corrected chi connectivity index (χ0v) is 13.4. The Balaban J connectivity index is 2.96. The van der Waals surface area contributed by atoms with Crippen LogP contribution in [0, 0.1) is 0 Å². The second kappa shape index (κ2) is 6.67. The normalized spacial score (nSPS) is 10.8. The molecule has 0 spiro atoms. The molecule has 6 nitrogen and oxygen atoms in total. The predicted molar refractivity (Wildman–Crippen MR) is 81.1 cm³/mol. The van der Waals surface area contributed by atoms with E-state index in [1.54, 1.807) is 20.8 Å². The fourth-order valence-corrected chi connectivity index (χ4v) is 1.77.